The molecule has 5 aliphatic carbocycles. The molecule has 0 aromatic heterocycles. The van der Waals surface area contributed by atoms with E-state index >= 15 is 0 Å². The van der Waals surface area contributed by atoms with E-state index in [0.717, 1.165) is 32.4 Å². The summed E-state index contributed by atoms with van der Waals surface area (Å²) < 4.78 is 18.6. The van der Waals surface area contributed by atoms with Crippen molar-refractivity contribution in [3.05, 3.63) is 0 Å². The molecule has 12 atom stereocenters. The number of ether oxygens (including phenoxy) is 3. The lowest BCUT2D eigenvalue weighted by molar-refractivity contribution is -0.276. The molecule has 1 aliphatic heterocycles. The highest BCUT2D eigenvalue weighted by atomic mass is 16.5. The van der Waals surface area contributed by atoms with Gasteiger partial charge in [0.2, 0.25) is 0 Å². The molecule has 1 heterocycles. The van der Waals surface area contributed by atoms with Crippen LogP contribution in [0.15, 0.2) is 0 Å². The lowest BCUT2D eigenvalue weighted by Gasteiger charge is -2.68. The average Bonchev–Trinajstić information content (AvgIpc) is 3.11. The van der Waals surface area contributed by atoms with Crippen LogP contribution < -0.4 is 0 Å². The van der Waals surface area contributed by atoms with Crippen molar-refractivity contribution in [3.63, 3.8) is 0 Å². The van der Waals surface area contributed by atoms with E-state index in [2.05, 4.69) is 18.7 Å². The molecule has 6 fully saturated rings. The Morgan fingerprint density at radius 1 is 1.23 bits per heavy atom. The number of fused-ring (bicyclic) bond motifs is 2. The summed E-state index contributed by atoms with van der Waals surface area (Å²) in [6.07, 6.45) is 3.20. The topological polar surface area (TPSA) is 68.2 Å². The minimum absolute atomic E-state index is 0.00842. The zero-order valence-corrected chi connectivity index (χ0v) is 19.0. The van der Waals surface area contributed by atoms with Gasteiger partial charge in [0.15, 0.2) is 0 Å². The number of likely N-dealkylation sites (tertiary alicyclic amines) is 1. The summed E-state index contributed by atoms with van der Waals surface area (Å²) in [7, 11) is 5.34. The van der Waals surface area contributed by atoms with Crippen molar-refractivity contribution >= 4 is 5.78 Å². The summed E-state index contributed by atoms with van der Waals surface area (Å²) in [4.78, 5) is 17.0. The number of piperidine rings is 1. The van der Waals surface area contributed by atoms with Crippen LogP contribution in [0.1, 0.15) is 39.5 Å². The molecule has 168 valence electrons. The lowest BCUT2D eigenvalue weighted by atomic mass is 9.43. The van der Waals surface area contributed by atoms with E-state index in [9.17, 15) is 9.90 Å². The molecule has 1 N–H and O–H groups in total. The summed E-state index contributed by atoms with van der Waals surface area (Å²) >= 11 is 0. The van der Waals surface area contributed by atoms with Gasteiger partial charge in [0.05, 0.1) is 29.8 Å². The number of carbonyl (C=O) groups excluding carboxylic acids is 1. The predicted octanol–water partition coefficient (Wildman–Crippen LogP) is 1.74. The second kappa shape index (κ2) is 6.07. The Morgan fingerprint density at radius 3 is 2.63 bits per heavy atom. The molecule has 0 aromatic carbocycles. The van der Waals surface area contributed by atoms with Crippen molar-refractivity contribution < 1.29 is 24.1 Å². The standard InChI is InChI=1S/C24H37NO5/c1-6-25-11-22(2)8-7-15(29-4)24-13-9-12-14(28-3)10-23(30-5,16(13)18(12)26)17(21(24)25)19(27)20(22)24/h12-18,20-21,26H,6-11H2,1-5H3/t12-,13-,14+,15+,16-,17+,18+,20-,21-,22+,23-,24+/m1/s1. The van der Waals surface area contributed by atoms with Gasteiger partial charge in [-0.1, -0.05) is 13.8 Å². The summed E-state index contributed by atoms with van der Waals surface area (Å²) in [6, 6.07) is 0.140. The number of ketones is 1. The molecule has 1 saturated heterocycles. The Labute approximate surface area is 179 Å². The fourth-order valence-corrected chi connectivity index (χ4v) is 10.4. The first kappa shape index (κ1) is 20.1. The van der Waals surface area contributed by atoms with Crippen LogP contribution in [0.25, 0.3) is 0 Å². The Bertz CT molecular complexity index is 775. The highest BCUT2D eigenvalue weighted by Gasteiger charge is 2.86. The predicted molar refractivity (Wildman–Crippen MR) is 110 cm³/mol. The van der Waals surface area contributed by atoms with E-state index in [0.29, 0.717) is 12.2 Å². The molecular formula is C24H37NO5. The molecule has 5 saturated carbocycles. The number of aliphatic hydroxyl groups is 1. The highest BCUT2D eigenvalue weighted by Crippen LogP contribution is 2.78. The number of carbonyl (C=O) groups is 1. The number of rotatable bonds is 4. The van der Waals surface area contributed by atoms with Gasteiger partial charge in [-0.15, -0.1) is 0 Å². The fraction of sp³-hybridized carbons (Fsp3) is 0.958. The molecule has 1 spiro atoms. The van der Waals surface area contributed by atoms with Crippen molar-refractivity contribution in [1.82, 2.24) is 4.90 Å². The third kappa shape index (κ3) is 1.83. The van der Waals surface area contributed by atoms with Crippen LogP contribution in [0, 0.1) is 40.4 Å². The van der Waals surface area contributed by atoms with Crippen LogP contribution in [0.2, 0.25) is 0 Å². The maximum Gasteiger partial charge on any atom is 0.144 e. The Balaban J connectivity index is 1.65. The van der Waals surface area contributed by atoms with E-state index < -0.39 is 11.7 Å². The van der Waals surface area contributed by atoms with Crippen LogP contribution >= 0.6 is 0 Å². The van der Waals surface area contributed by atoms with Gasteiger partial charge in [-0.25, -0.2) is 0 Å². The van der Waals surface area contributed by atoms with Crippen molar-refractivity contribution in [3.8, 4) is 0 Å². The fourth-order valence-electron chi connectivity index (χ4n) is 10.4. The molecule has 0 amide bonds. The van der Waals surface area contributed by atoms with E-state index in [1.807, 2.05) is 7.11 Å². The van der Waals surface area contributed by atoms with Gasteiger partial charge < -0.3 is 19.3 Å². The smallest absolute Gasteiger partial charge is 0.144 e. The van der Waals surface area contributed by atoms with Gasteiger partial charge in [-0.3, -0.25) is 9.69 Å². The maximum absolute atomic E-state index is 14.4. The number of hydrogen-bond donors (Lipinski definition) is 1. The quantitative estimate of drug-likeness (QED) is 0.749. The van der Waals surface area contributed by atoms with E-state index in [-0.39, 0.29) is 58.7 Å². The molecule has 6 rings (SSSR count). The molecule has 0 aromatic rings. The molecule has 7 bridgehead atoms. The van der Waals surface area contributed by atoms with Crippen molar-refractivity contribution in [1.29, 1.82) is 0 Å². The molecule has 0 unspecified atom stereocenters. The van der Waals surface area contributed by atoms with Crippen molar-refractivity contribution in [2.75, 3.05) is 34.4 Å². The van der Waals surface area contributed by atoms with Crippen LogP contribution in [0.3, 0.4) is 0 Å². The molecule has 6 nitrogen and oxygen atoms in total. The summed E-state index contributed by atoms with van der Waals surface area (Å²) in [5, 5.41) is 11.5. The zero-order chi connectivity index (χ0) is 21.2. The number of methoxy groups -OCH3 is 3. The van der Waals surface area contributed by atoms with E-state index in [4.69, 9.17) is 14.2 Å². The number of aliphatic hydroxyl groups excluding tert-OH is 1. The SMILES string of the molecule is CCN1C[C@]2(C)CC[C@H](OC)[C@@]34[C@@H]5C[C@H]6[C@H](O)[C@@H]5[C@](OC)(C[C@@H]6OC)[C@@H](C(=O)[C@H]23)[C@@H]14. The van der Waals surface area contributed by atoms with Crippen LogP contribution in [-0.2, 0) is 19.0 Å². The van der Waals surface area contributed by atoms with Crippen molar-refractivity contribution in [2.45, 2.75) is 69.5 Å². The third-order valence-electron chi connectivity index (χ3n) is 11.0. The molecule has 30 heavy (non-hydrogen) atoms. The first-order chi connectivity index (χ1) is 14.4. The second-order valence-electron chi connectivity index (χ2n) is 11.4. The lowest BCUT2D eigenvalue weighted by Crippen LogP contribution is -2.76. The Morgan fingerprint density at radius 2 is 2.00 bits per heavy atom. The summed E-state index contributed by atoms with van der Waals surface area (Å²) in [6.45, 7) is 6.49. The van der Waals surface area contributed by atoms with E-state index in [1.165, 1.54) is 0 Å². The molecule has 6 aliphatic rings. The number of hydrogen-bond acceptors (Lipinski definition) is 6. The summed E-state index contributed by atoms with van der Waals surface area (Å²) in [5.41, 5.74) is -0.882. The van der Waals surface area contributed by atoms with E-state index in [1.54, 1.807) is 14.2 Å². The first-order valence-electron chi connectivity index (χ1n) is 11.9. The summed E-state index contributed by atoms with van der Waals surface area (Å²) in [5.74, 6) is 0.532. The maximum atomic E-state index is 14.4. The average molecular weight is 420 g/mol. The van der Waals surface area contributed by atoms with Crippen LogP contribution in [-0.4, -0.2) is 80.2 Å². The van der Waals surface area contributed by atoms with Gasteiger partial charge in [0, 0.05) is 63.5 Å². The number of Topliss-reactive ketones (excluding diaryl/α,β-unsaturated/α-hetero) is 1. The largest absolute Gasteiger partial charge is 0.392 e. The van der Waals surface area contributed by atoms with Crippen LogP contribution in [0.5, 0.6) is 0 Å². The minimum atomic E-state index is -0.640. The normalized spacial score (nSPS) is 60.9. The minimum Gasteiger partial charge on any atom is -0.392 e. The van der Waals surface area contributed by atoms with Crippen LogP contribution in [0.4, 0.5) is 0 Å². The third-order valence-corrected chi connectivity index (χ3v) is 11.0. The first-order valence-corrected chi connectivity index (χ1v) is 11.9. The Hall–Kier alpha value is -0.530. The van der Waals surface area contributed by atoms with Gasteiger partial charge in [-0.2, -0.15) is 0 Å². The Kier molecular flexibility index (Phi) is 4.07. The van der Waals surface area contributed by atoms with Gasteiger partial charge in [0.25, 0.3) is 0 Å². The van der Waals surface area contributed by atoms with Gasteiger partial charge in [0.1, 0.15) is 5.78 Å². The van der Waals surface area contributed by atoms with Crippen molar-refractivity contribution in [2.24, 2.45) is 40.4 Å². The second-order valence-corrected chi connectivity index (χ2v) is 11.4. The molecule has 0 radical (unpaired) electrons. The van der Waals surface area contributed by atoms with Gasteiger partial charge >= 0.3 is 0 Å². The monoisotopic (exact) mass is 419 g/mol. The number of nitrogens with zero attached hydrogens (tertiary/aromatic N) is 1. The highest BCUT2D eigenvalue weighted by molar-refractivity contribution is 5.92. The molecular weight excluding hydrogens is 382 g/mol. The zero-order valence-electron chi connectivity index (χ0n) is 19.0. The molecule has 6 heteroatoms. The van der Waals surface area contributed by atoms with Gasteiger partial charge in [-0.05, 0) is 37.1 Å².